The first-order valence-corrected chi connectivity index (χ1v) is 11.4. The fraction of sp³-hybridized carbons (Fsp3) is 0.391. The van der Waals surface area contributed by atoms with Gasteiger partial charge < -0.3 is 10.6 Å². The van der Waals surface area contributed by atoms with Gasteiger partial charge in [0.05, 0.1) is 11.9 Å². The summed E-state index contributed by atoms with van der Waals surface area (Å²) in [5, 5.41) is 6.10. The molecule has 2 aromatic heterocycles. The topological polar surface area (TPSA) is 96.3 Å². The van der Waals surface area contributed by atoms with Gasteiger partial charge in [0.2, 0.25) is 11.8 Å². The number of benzene rings is 1. The van der Waals surface area contributed by atoms with E-state index in [0.717, 1.165) is 28.4 Å². The molecular weight excluding hydrogens is 426 g/mol. The zero-order valence-corrected chi connectivity index (χ0v) is 19.9. The summed E-state index contributed by atoms with van der Waals surface area (Å²) in [4.78, 5) is 46.1. The number of rotatable bonds is 8. The maximum absolute atomic E-state index is 13.4. The summed E-state index contributed by atoms with van der Waals surface area (Å²) in [5.41, 5.74) is 1.96. The molecule has 3 aromatic rings. The molecule has 9 heteroatoms. The quantitative estimate of drug-likeness (QED) is 0.542. The van der Waals surface area contributed by atoms with E-state index < -0.39 is 0 Å². The third-order valence-corrected chi connectivity index (χ3v) is 6.52. The highest BCUT2D eigenvalue weighted by molar-refractivity contribution is 7.18. The fourth-order valence-electron chi connectivity index (χ4n) is 3.48. The Balaban J connectivity index is 1.91. The Morgan fingerprint density at radius 3 is 2.22 bits per heavy atom. The summed E-state index contributed by atoms with van der Waals surface area (Å²) in [6.45, 7) is 11.5. The van der Waals surface area contributed by atoms with Crippen LogP contribution in [0.25, 0.3) is 10.2 Å². The highest BCUT2D eigenvalue weighted by Crippen LogP contribution is 2.26. The number of nitrogens with one attached hydrogen (secondary N) is 2. The van der Waals surface area contributed by atoms with E-state index in [1.165, 1.54) is 22.8 Å². The molecule has 0 fully saturated rings. The number of carbonyl (C=O) groups is 2. The minimum atomic E-state index is -0.314. The van der Waals surface area contributed by atoms with Crippen LogP contribution < -0.4 is 16.2 Å². The molecule has 2 amide bonds. The molecule has 0 aliphatic carbocycles. The molecule has 0 saturated carbocycles. The van der Waals surface area contributed by atoms with Crippen LogP contribution >= 0.6 is 11.3 Å². The fourth-order valence-corrected chi connectivity index (χ4v) is 4.52. The zero-order valence-electron chi connectivity index (χ0n) is 19.1. The highest BCUT2D eigenvalue weighted by atomic mass is 32.1. The van der Waals surface area contributed by atoms with E-state index in [1.807, 2.05) is 13.8 Å². The maximum atomic E-state index is 13.4. The summed E-state index contributed by atoms with van der Waals surface area (Å²) in [7, 11) is 0. The van der Waals surface area contributed by atoms with Crippen molar-refractivity contribution in [1.29, 1.82) is 0 Å². The third-order valence-electron chi connectivity index (χ3n) is 5.42. The lowest BCUT2D eigenvalue weighted by molar-refractivity contribution is -0.117. The number of anilines is 2. The van der Waals surface area contributed by atoms with E-state index in [-0.39, 0.29) is 23.9 Å². The molecule has 170 valence electrons. The standard InChI is InChI=1S/C23H29N5O3S/c1-6-27(7-2)12-19-26-22-21(14(3)15(4)32-22)23(31)28(19)13-20(30)25-18-10-8-17(9-11-18)24-16(5)29/h8-11H,6-7,12-13H2,1-5H3,(H,24,29)(H,25,30). The third kappa shape index (κ3) is 5.23. The lowest BCUT2D eigenvalue weighted by Crippen LogP contribution is -2.34. The van der Waals surface area contributed by atoms with Crippen LogP contribution in [0.5, 0.6) is 0 Å². The van der Waals surface area contributed by atoms with Gasteiger partial charge in [0.1, 0.15) is 17.2 Å². The Bertz CT molecular complexity index is 1190. The van der Waals surface area contributed by atoms with Gasteiger partial charge in [0.15, 0.2) is 0 Å². The van der Waals surface area contributed by atoms with Crippen LogP contribution in [0.15, 0.2) is 29.1 Å². The summed E-state index contributed by atoms with van der Waals surface area (Å²) in [6, 6.07) is 6.83. The number of aromatic nitrogens is 2. The number of aryl methyl sites for hydroxylation is 2. The van der Waals surface area contributed by atoms with Crippen molar-refractivity contribution >= 4 is 44.7 Å². The van der Waals surface area contributed by atoms with Crippen molar-refractivity contribution < 1.29 is 9.59 Å². The van der Waals surface area contributed by atoms with Gasteiger partial charge in [-0.05, 0) is 56.8 Å². The molecule has 0 atom stereocenters. The summed E-state index contributed by atoms with van der Waals surface area (Å²) in [6.07, 6.45) is 0. The van der Waals surface area contributed by atoms with Crippen molar-refractivity contribution in [3.8, 4) is 0 Å². The van der Waals surface area contributed by atoms with Gasteiger partial charge in [-0.15, -0.1) is 11.3 Å². The van der Waals surface area contributed by atoms with Crippen molar-refractivity contribution in [3.63, 3.8) is 0 Å². The minimum absolute atomic E-state index is 0.125. The second kappa shape index (κ2) is 10.1. The molecule has 0 aliphatic rings. The Hall–Kier alpha value is -3.04. The van der Waals surface area contributed by atoms with Gasteiger partial charge in [0.25, 0.3) is 5.56 Å². The van der Waals surface area contributed by atoms with Crippen LogP contribution in [-0.4, -0.2) is 39.4 Å². The molecule has 0 spiro atoms. The number of carbonyl (C=O) groups excluding carboxylic acids is 2. The van der Waals surface area contributed by atoms with Crippen LogP contribution in [0.1, 0.15) is 37.0 Å². The summed E-state index contributed by atoms with van der Waals surface area (Å²) in [5.74, 6) is 0.110. The molecular formula is C23H29N5O3S. The van der Waals surface area contributed by atoms with Crippen molar-refractivity contribution in [2.24, 2.45) is 0 Å². The largest absolute Gasteiger partial charge is 0.326 e. The molecule has 0 bridgehead atoms. The van der Waals surface area contributed by atoms with Crippen LogP contribution in [0, 0.1) is 13.8 Å². The zero-order chi connectivity index (χ0) is 23.4. The van der Waals surface area contributed by atoms with Gasteiger partial charge in [-0.3, -0.25) is 23.9 Å². The SMILES string of the molecule is CCN(CC)Cc1nc2sc(C)c(C)c2c(=O)n1CC(=O)Nc1ccc(NC(C)=O)cc1. The summed E-state index contributed by atoms with van der Waals surface area (Å²) < 4.78 is 1.49. The second-order valence-corrected chi connectivity index (χ2v) is 8.85. The van der Waals surface area contributed by atoms with Crippen molar-refractivity contribution in [2.75, 3.05) is 23.7 Å². The van der Waals surface area contributed by atoms with E-state index in [9.17, 15) is 14.4 Å². The first kappa shape index (κ1) is 23.6. The lowest BCUT2D eigenvalue weighted by Gasteiger charge is -2.20. The highest BCUT2D eigenvalue weighted by Gasteiger charge is 2.19. The van der Waals surface area contributed by atoms with E-state index in [1.54, 1.807) is 24.3 Å². The molecule has 3 rings (SSSR count). The van der Waals surface area contributed by atoms with Gasteiger partial charge >= 0.3 is 0 Å². The first-order chi connectivity index (χ1) is 15.2. The monoisotopic (exact) mass is 455 g/mol. The summed E-state index contributed by atoms with van der Waals surface area (Å²) >= 11 is 1.51. The van der Waals surface area contributed by atoms with Crippen LogP contribution in [0.3, 0.4) is 0 Å². The molecule has 0 unspecified atom stereocenters. The number of thiophene rings is 1. The molecule has 0 aliphatic heterocycles. The van der Waals surface area contributed by atoms with Gasteiger partial charge in [-0.2, -0.15) is 0 Å². The number of fused-ring (bicyclic) bond motifs is 1. The molecule has 32 heavy (non-hydrogen) atoms. The Morgan fingerprint density at radius 2 is 1.66 bits per heavy atom. The molecule has 8 nitrogen and oxygen atoms in total. The molecule has 1 aromatic carbocycles. The number of amides is 2. The van der Waals surface area contributed by atoms with E-state index in [4.69, 9.17) is 4.98 Å². The average Bonchev–Trinajstić information content (AvgIpc) is 3.03. The van der Waals surface area contributed by atoms with Crippen LogP contribution in [0.2, 0.25) is 0 Å². The van der Waals surface area contributed by atoms with Crippen LogP contribution in [-0.2, 0) is 22.7 Å². The number of hydrogen-bond donors (Lipinski definition) is 2. The maximum Gasteiger partial charge on any atom is 0.263 e. The normalized spacial score (nSPS) is 11.2. The first-order valence-electron chi connectivity index (χ1n) is 10.6. The Kier molecular flexibility index (Phi) is 7.42. The van der Waals surface area contributed by atoms with Gasteiger partial charge in [0, 0.05) is 23.2 Å². The Labute approximate surface area is 191 Å². The minimum Gasteiger partial charge on any atom is -0.326 e. The average molecular weight is 456 g/mol. The molecule has 0 radical (unpaired) electrons. The second-order valence-electron chi connectivity index (χ2n) is 7.65. The Morgan fingerprint density at radius 1 is 1.06 bits per heavy atom. The van der Waals surface area contributed by atoms with Gasteiger partial charge in [-0.25, -0.2) is 4.98 Å². The van der Waals surface area contributed by atoms with E-state index in [0.29, 0.717) is 29.1 Å². The van der Waals surface area contributed by atoms with E-state index in [2.05, 4.69) is 29.4 Å². The van der Waals surface area contributed by atoms with Gasteiger partial charge in [-0.1, -0.05) is 13.8 Å². The van der Waals surface area contributed by atoms with Crippen molar-refractivity contribution in [1.82, 2.24) is 14.5 Å². The van der Waals surface area contributed by atoms with Crippen molar-refractivity contribution in [2.45, 2.75) is 47.7 Å². The number of nitrogens with zero attached hydrogens (tertiary/aromatic N) is 3. The van der Waals surface area contributed by atoms with Crippen molar-refractivity contribution in [3.05, 3.63) is 50.9 Å². The van der Waals surface area contributed by atoms with Crippen LogP contribution in [0.4, 0.5) is 11.4 Å². The number of hydrogen-bond acceptors (Lipinski definition) is 6. The molecule has 2 heterocycles. The lowest BCUT2D eigenvalue weighted by atomic mass is 10.2. The predicted octanol–water partition coefficient (Wildman–Crippen LogP) is 3.51. The molecule has 0 saturated heterocycles. The van der Waals surface area contributed by atoms with E-state index >= 15 is 0 Å². The molecule has 2 N–H and O–H groups in total. The smallest absolute Gasteiger partial charge is 0.263 e. The predicted molar refractivity (Wildman–Crippen MR) is 129 cm³/mol.